The van der Waals surface area contributed by atoms with Gasteiger partial charge in [-0.05, 0) is 12.8 Å². The van der Waals surface area contributed by atoms with Crippen molar-refractivity contribution in [1.82, 2.24) is 0 Å². The van der Waals surface area contributed by atoms with Gasteiger partial charge < -0.3 is 10.5 Å². The van der Waals surface area contributed by atoms with Gasteiger partial charge in [0.25, 0.3) is 0 Å². The van der Waals surface area contributed by atoms with Crippen molar-refractivity contribution < 1.29 is 9.53 Å². The second kappa shape index (κ2) is 5.42. The average Bonchev–Trinajstić information content (AvgIpc) is 2.71. The average molecular weight is 196 g/mol. The number of hydrogen-bond donors (Lipinski definition) is 1. The van der Waals surface area contributed by atoms with Crippen molar-refractivity contribution >= 4 is 12.2 Å². The summed E-state index contributed by atoms with van der Waals surface area (Å²) in [6.07, 6.45) is 7.40. The lowest BCUT2D eigenvalue weighted by molar-refractivity contribution is -0.135. The first-order valence-electron chi connectivity index (χ1n) is 4.81. The summed E-state index contributed by atoms with van der Waals surface area (Å²) in [6.45, 7) is 0. The van der Waals surface area contributed by atoms with Gasteiger partial charge >= 0.3 is 5.97 Å². The lowest BCUT2D eigenvalue weighted by Crippen LogP contribution is -2.09. The van der Waals surface area contributed by atoms with Gasteiger partial charge in [-0.1, -0.05) is 12.8 Å². The van der Waals surface area contributed by atoms with Crippen LogP contribution in [0.4, 0.5) is 0 Å². The van der Waals surface area contributed by atoms with E-state index in [2.05, 4.69) is 9.73 Å². The van der Waals surface area contributed by atoms with Crippen LogP contribution >= 0.6 is 0 Å². The molecule has 1 fully saturated rings. The summed E-state index contributed by atoms with van der Waals surface area (Å²) in [5, 5.41) is 0. The van der Waals surface area contributed by atoms with Crippen molar-refractivity contribution in [3.63, 3.8) is 0 Å². The molecule has 0 spiro atoms. The predicted octanol–water partition coefficient (Wildman–Crippen LogP) is 1.02. The van der Waals surface area contributed by atoms with Gasteiger partial charge in [0, 0.05) is 18.5 Å². The number of rotatable bonds is 3. The van der Waals surface area contributed by atoms with Crippen LogP contribution in [-0.4, -0.2) is 25.3 Å². The molecular formula is C10H16N2O2. The molecule has 1 rings (SSSR count). The Morgan fingerprint density at radius 1 is 1.50 bits per heavy atom. The van der Waals surface area contributed by atoms with E-state index in [1.165, 1.54) is 32.4 Å². The standard InChI is InChI=1S/C10H16N2O2/c1-14-10(13)8(6-11)7-12-9-4-2-3-5-9/h6-7,9H,2-5,11H2,1H3. The van der Waals surface area contributed by atoms with Gasteiger partial charge in [-0.3, -0.25) is 4.99 Å². The van der Waals surface area contributed by atoms with E-state index in [9.17, 15) is 4.79 Å². The fourth-order valence-corrected chi connectivity index (χ4v) is 1.52. The number of nitrogens with two attached hydrogens (primary N) is 1. The molecule has 4 heteroatoms. The molecule has 1 saturated carbocycles. The van der Waals surface area contributed by atoms with E-state index in [1.54, 1.807) is 0 Å². The third-order valence-electron chi connectivity index (χ3n) is 2.35. The molecule has 0 unspecified atom stereocenters. The van der Waals surface area contributed by atoms with Crippen LogP contribution in [0.5, 0.6) is 0 Å². The minimum absolute atomic E-state index is 0.319. The maximum atomic E-state index is 11.1. The summed E-state index contributed by atoms with van der Waals surface area (Å²) < 4.78 is 4.54. The maximum absolute atomic E-state index is 11.1. The molecule has 0 saturated heterocycles. The maximum Gasteiger partial charge on any atom is 0.340 e. The molecule has 0 aromatic rings. The van der Waals surface area contributed by atoms with E-state index in [-0.39, 0.29) is 0 Å². The van der Waals surface area contributed by atoms with Gasteiger partial charge in [0.05, 0.1) is 12.7 Å². The first-order chi connectivity index (χ1) is 6.77. The molecule has 4 nitrogen and oxygen atoms in total. The Morgan fingerprint density at radius 3 is 2.64 bits per heavy atom. The molecule has 0 aromatic heterocycles. The third kappa shape index (κ3) is 2.87. The van der Waals surface area contributed by atoms with Crippen molar-refractivity contribution in [2.24, 2.45) is 10.7 Å². The van der Waals surface area contributed by atoms with Crippen LogP contribution in [0.3, 0.4) is 0 Å². The van der Waals surface area contributed by atoms with E-state index in [1.807, 2.05) is 0 Å². The number of carbonyl (C=O) groups is 1. The van der Waals surface area contributed by atoms with Crippen LogP contribution < -0.4 is 5.73 Å². The van der Waals surface area contributed by atoms with Gasteiger partial charge in [-0.25, -0.2) is 4.79 Å². The molecule has 78 valence electrons. The molecule has 1 aliphatic rings. The molecule has 0 aliphatic heterocycles. The van der Waals surface area contributed by atoms with Gasteiger partial charge in [-0.2, -0.15) is 0 Å². The summed E-state index contributed by atoms with van der Waals surface area (Å²) in [5.41, 5.74) is 5.60. The van der Waals surface area contributed by atoms with Crippen LogP contribution in [0.2, 0.25) is 0 Å². The number of carbonyl (C=O) groups excluding carboxylic acids is 1. The first-order valence-corrected chi connectivity index (χ1v) is 4.81. The zero-order chi connectivity index (χ0) is 10.4. The summed E-state index contributed by atoms with van der Waals surface area (Å²) in [5.74, 6) is -0.436. The number of methoxy groups -OCH3 is 1. The lowest BCUT2D eigenvalue weighted by atomic mass is 10.2. The van der Waals surface area contributed by atoms with E-state index in [0.29, 0.717) is 11.6 Å². The number of hydrogen-bond acceptors (Lipinski definition) is 4. The quantitative estimate of drug-likeness (QED) is 0.416. The van der Waals surface area contributed by atoms with Gasteiger partial charge in [0.1, 0.15) is 0 Å². The minimum Gasteiger partial charge on any atom is -0.465 e. The fraction of sp³-hybridized carbons (Fsp3) is 0.600. The highest BCUT2D eigenvalue weighted by Gasteiger charge is 2.13. The second-order valence-corrected chi connectivity index (χ2v) is 3.33. The Labute approximate surface area is 83.8 Å². The van der Waals surface area contributed by atoms with Crippen LogP contribution in [0, 0.1) is 0 Å². The van der Waals surface area contributed by atoms with Crippen molar-refractivity contribution in [2.75, 3.05) is 7.11 Å². The second-order valence-electron chi connectivity index (χ2n) is 3.33. The monoisotopic (exact) mass is 196 g/mol. The summed E-state index contributed by atoms with van der Waals surface area (Å²) in [7, 11) is 1.33. The number of nitrogens with zero attached hydrogens (tertiary/aromatic N) is 1. The molecule has 0 aromatic carbocycles. The summed E-state index contributed by atoms with van der Waals surface area (Å²) in [6, 6.07) is 0.356. The molecule has 14 heavy (non-hydrogen) atoms. The first kappa shape index (κ1) is 10.8. The lowest BCUT2D eigenvalue weighted by Gasteiger charge is -2.01. The largest absolute Gasteiger partial charge is 0.465 e. The van der Waals surface area contributed by atoms with Crippen LogP contribution in [-0.2, 0) is 9.53 Å². The topological polar surface area (TPSA) is 64.7 Å². The van der Waals surface area contributed by atoms with Crippen molar-refractivity contribution in [3.8, 4) is 0 Å². The van der Waals surface area contributed by atoms with Crippen LogP contribution in [0.25, 0.3) is 0 Å². The molecule has 1 aliphatic carbocycles. The molecule has 0 bridgehead atoms. The van der Waals surface area contributed by atoms with Crippen molar-refractivity contribution in [1.29, 1.82) is 0 Å². The molecule has 0 radical (unpaired) electrons. The Morgan fingerprint density at radius 2 is 2.14 bits per heavy atom. The van der Waals surface area contributed by atoms with Crippen LogP contribution in [0.1, 0.15) is 25.7 Å². The molecule has 2 N–H and O–H groups in total. The minimum atomic E-state index is -0.436. The Bertz CT molecular complexity index is 253. The third-order valence-corrected chi connectivity index (χ3v) is 2.35. The normalized spacial score (nSPS) is 19.1. The smallest absolute Gasteiger partial charge is 0.340 e. The fourth-order valence-electron chi connectivity index (χ4n) is 1.52. The summed E-state index contributed by atoms with van der Waals surface area (Å²) >= 11 is 0. The van der Waals surface area contributed by atoms with E-state index in [4.69, 9.17) is 5.73 Å². The van der Waals surface area contributed by atoms with E-state index >= 15 is 0 Å². The number of ether oxygens (including phenoxy) is 1. The van der Waals surface area contributed by atoms with E-state index < -0.39 is 5.97 Å². The number of esters is 1. The van der Waals surface area contributed by atoms with Crippen molar-refractivity contribution in [3.05, 3.63) is 11.8 Å². The highest BCUT2D eigenvalue weighted by atomic mass is 16.5. The highest BCUT2D eigenvalue weighted by molar-refractivity contribution is 6.09. The van der Waals surface area contributed by atoms with Gasteiger partial charge in [0.2, 0.25) is 0 Å². The molecule has 0 amide bonds. The molecular weight excluding hydrogens is 180 g/mol. The Balaban J connectivity index is 2.51. The SMILES string of the molecule is COC(=O)C(C=NC1CCCC1)=CN. The number of aliphatic imine (C=N–C) groups is 1. The van der Waals surface area contributed by atoms with Crippen LogP contribution in [0.15, 0.2) is 16.8 Å². The molecule has 0 heterocycles. The predicted molar refractivity (Wildman–Crippen MR) is 55.0 cm³/mol. The van der Waals surface area contributed by atoms with Gasteiger partial charge in [0.15, 0.2) is 0 Å². The molecule has 0 atom stereocenters. The van der Waals surface area contributed by atoms with Gasteiger partial charge in [-0.15, -0.1) is 0 Å². The highest BCUT2D eigenvalue weighted by Crippen LogP contribution is 2.20. The Hall–Kier alpha value is -1.32. The zero-order valence-electron chi connectivity index (χ0n) is 8.40. The van der Waals surface area contributed by atoms with E-state index in [0.717, 1.165) is 12.8 Å². The zero-order valence-corrected chi connectivity index (χ0v) is 8.40. The van der Waals surface area contributed by atoms with Crippen molar-refractivity contribution in [2.45, 2.75) is 31.7 Å². The Kier molecular flexibility index (Phi) is 4.16. The summed E-state index contributed by atoms with van der Waals surface area (Å²) in [4.78, 5) is 15.4.